The average molecular weight is 389 g/mol. The monoisotopic (exact) mass is 389 g/mol. The van der Waals surface area contributed by atoms with Crippen LogP contribution in [0.2, 0.25) is 0 Å². The number of guanidine groups is 1. The van der Waals surface area contributed by atoms with Gasteiger partial charge in [-0.1, -0.05) is 6.92 Å². The molecular formula is C14H24IN5. The summed E-state index contributed by atoms with van der Waals surface area (Å²) in [6, 6.07) is 1.96. The normalized spacial score (nSPS) is 16.9. The fraction of sp³-hybridized carbons (Fsp3) is 0.643. The summed E-state index contributed by atoms with van der Waals surface area (Å²) in [5, 5.41) is 0. The molecule has 0 bridgehead atoms. The van der Waals surface area contributed by atoms with Crippen LogP contribution in [-0.2, 0) is 6.54 Å². The minimum atomic E-state index is 0. The molecule has 1 aliphatic heterocycles. The van der Waals surface area contributed by atoms with Crippen LogP contribution in [0.25, 0.3) is 0 Å². The van der Waals surface area contributed by atoms with E-state index in [2.05, 4.69) is 26.8 Å². The molecule has 112 valence electrons. The lowest BCUT2D eigenvalue weighted by Gasteiger charge is -2.31. The molecule has 2 heterocycles. The highest BCUT2D eigenvalue weighted by molar-refractivity contribution is 14.0. The number of piperidine rings is 1. The third kappa shape index (κ3) is 4.88. The van der Waals surface area contributed by atoms with Gasteiger partial charge in [-0.05, 0) is 38.7 Å². The lowest BCUT2D eigenvalue weighted by atomic mass is 10.00. The van der Waals surface area contributed by atoms with E-state index >= 15 is 0 Å². The van der Waals surface area contributed by atoms with Crippen LogP contribution in [0.15, 0.2) is 11.1 Å². The van der Waals surface area contributed by atoms with Crippen molar-refractivity contribution in [2.45, 2.75) is 40.2 Å². The zero-order valence-corrected chi connectivity index (χ0v) is 14.8. The molecule has 5 nitrogen and oxygen atoms in total. The Labute approximate surface area is 138 Å². The van der Waals surface area contributed by atoms with Gasteiger partial charge in [-0.2, -0.15) is 0 Å². The first-order chi connectivity index (χ1) is 9.04. The smallest absolute Gasteiger partial charge is 0.191 e. The molecule has 0 radical (unpaired) electrons. The highest BCUT2D eigenvalue weighted by atomic mass is 127. The van der Waals surface area contributed by atoms with Gasteiger partial charge in [-0.15, -0.1) is 24.0 Å². The third-order valence-electron chi connectivity index (χ3n) is 3.53. The van der Waals surface area contributed by atoms with E-state index in [-0.39, 0.29) is 24.0 Å². The molecule has 2 N–H and O–H groups in total. The summed E-state index contributed by atoms with van der Waals surface area (Å²) in [6.45, 7) is 8.71. The second kappa shape index (κ2) is 7.75. The molecule has 0 aliphatic carbocycles. The van der Waals surface area contributed by atoms with Gasteiger partial charge in [0.15, 0.2) is 5.96 Å². The van der Waals surface area contributed by atoms with Crippen LogP contribution >= 0.6 is 24.0 Å². The summed E-state index contributed by atoms with van der Waals surface area (Å²) in [6.07, 6.45) is 2.39. The number of nitrogens with zero attached hydrogens (tertiary/aromatic N) is 4. The van der Waals surface area contributed by atoms with Crippen LogP contribution in [-0.4, -0.2) is 33.9 Å². The minimum Gasteiger partial charge on any atom is -0.370 e. The predicted molar refractivity (Wildman–Crippen MR) is 92.2 cm³/mol. The van der Waals surface area contributed by atoms with Crippen molar-refractivity contribution in [1.29, 1.82) is 0 Å². The summed E-state index contributed by atoms with van der Waals surface area (Å²) in [4.78, 5) is 15.3. The van der Waals surface area contributed by atoms with Gasteiger partial charge in [0.05, 0.1) is 12.2 Å². The number of aliphatic imine (C=N–C) groups is 1. The molecule has 0 aromatic carbocycles. The van der Waals surface area contributed by atoms with Gasteiger partial charge in [0, 0.05) is 18.8 Å². The maximum atomic E-state index is 6.05. The molecule has 0 spiro atoms. The maximum absolute atomic E-state index is 6.05. The highest BCUT2D eigenvalue weighted by Crippen LogP contribution is 2.15. The van der Waals surface area contributed by atoms with Crippen LogP contribution in [0, 0.1) is 19.8 Å². The van der Waals surface area contributed by atoms with Crippen molar-refractivity contribution in [2.24, 2.45) is 16.6 Å². The zero-order chi connectivity index (χ0) is 13.8. The third-order valence-corrected chi connectivity index (χ3v) is 3.53. The van der Waals surface area contributed by atoms with Crippen molar-refractivity contribution in [3.63, 3.8) is 0 Å². The van der Waals surface area contributed by atoms with E-state index in [1.54, 1.807) is 0 Å². The summed E-state index contributed by atoms with van der Waals surface area (Å²) in [7, 11) is 0. The quantitative estimate of drug-likeness (QED) is 0.479. The first kappa shape index (κ1) is 17.1. The molecule has 0 unspecified atom stereocenters. The molecule has 1 saturated heterocycles. The maximum Gasteiger partial charge on any atom is 0.191 e. The van der Waals surface area contributed by atoms with E-state index in [1.165, 1.54) is 12.8 Å². The summed E-state index contributed by atoms with van der Waals surface area (Å²) >= 11 is 0. The Hall–Kier alpha value is -0.920. The number of nitrogens with two attached hydrogens (primary N) is 1. The summed E-state index contributed by atoms with van der Waals surface area (Å²) < 4.78 is 0. The van der Waals surface area contributed by atoms with Crippen molar-refractivity contribution in [1.82, 2.24) is 14.9 Å². The van der Waals surface area contributed by atoms with Crippen LogP contribution in [0.3, 0.4) is 0 Å². The number of aromatic nitrogens is 2. The molecule has 1 aromatic rings. The van der Waals surface area contributed by atoms with Crippen LogP contribution < -0.4 is 5.73 Å². The SMILES string of the molecule is Cc1cc(CN=C(N)N2CCC(C)CC2)nc(C)n1.I. The van der Waals surface area contributed by atoms with Gasteiger partial charge in [-0.25, -0.2) is 15.0 Å². The second-order valence-corrected chi connectivity index (χ2v) is 5.39. The highest BCUT2D eigenvalue weighted by Gasteiger charge is 2.16. The van der Waals surface area contributed by atoms with E-state index in [0.29, 0.717) is 12.5 Å². The molecule has 2 rings (SSSR count). The number of likely N-dealkylation sites (tertiary alicyclic amines) is 1. The molecule has 0 amide bonds. The van der Waals surface area contributed by atoms with Gasteiger partial charge in [-0.3, -0.25) is 0 Å². The molecule has 1 aromatic heterocycles. The number of hydrogen-bond acceptors (Lipinski definition) is 3. The number of hydrogen-bond donors (Lipinski definition) is 1. The molecule has 1 fully saturated rings. The Morgan fingerprint density at radius 2 is 2.00 bits per heavy atom. The first-order valence-corrected chi connectivity index (χ1v) is 6.90. The predicted octanol–water partition coefficient (Wildman–Crippen LogP) is 2.26. The lowest BCUT2D eigenvalue weighted by Crippen LogP contribution is -2.42. The second-order valence-electron chi connectivity index (χ2n) is 5.39. The van der Waals surface area contributed by atoms with Crippen LogP contribution in [0.4, 0.5) is 0 Å². The number of halogens is 1. The Kier molecular flexibility index (Phi) is 6.64. The Morgan fingerprint density at radius 1 is 1.35 bits per heavy atom. The van der Waals surface area contributed by atoms with Crippen molar-refractivity contribution in [2.75, 3.05) is 13.1 Å². The summed E-state index contributed by atoms with van der Waals surface area (Å²) in [5.74, 6) is 2.23. The van der Waals surface area contributed by atoms with Crippen LogP contribution in [0.1, 0.15) is 37.0 Å². The van der Waals surface area contributed by atoms with Crippen molar-refractivity contribution in [3.05, 3.63) is 23.3 Å². The molecular weight excluding hydrogens is 365 g/mol. The topological polar surface area (TPSA) is 67.4 Å². The molecule has 6 heteroatoms. The molecule has 0 atom stereocenters. The zero-order valence-electron chi connectivity index (χ0n) is 12.5. The van der Waals surface area contributed by atoms with Crippen molar-refractivity contribution < 1.29 is 0 Å². The average Bonchev–Trinajstić information content (AvgIpc) is 2.36. The number of rotatable bonds is 2. The standard InChI is InChI=1S/C14H23N5.HI/c1-10-4-6-19(7-5-10)14(15)16-9-13-8-11(2)17-12(3)18-13;/h8,10H,4-7,9H2,1-3H3,(H2,15,16);1H. The van der Waals surface area contributed by atoms with Gasteiger partial charge in [0.25, 0.3) is 0 Å². The van der Waals surface area contributed by atoms with Crippen molar-refractivity contribution in [3.8, 4) is 0 Å². The Morgan fingerprint density at radius 3 is 2.60 bits per heavy atom. The van der Waals surface area contributed by atoms with E-state index in [4.69, 9.17) is 5.73 Å². The van der Waals surface area contributed by atoms with Gasteiger partial charge >= 0.3 is 0 Å². The first-order valence-electron chi connectivity index (χ1n) is 6.90. The Balaban J connectivity index is 0.00000200. The fourth-order valence-corrected chi connectivity index (χ4v) is 2.37. The largest absolute Gasteiger partial charge is 0.370 e. The molecule has 0 saturated carbocycles. The van der Waals surface area contributed by atoms with Crippen molar-refractivity contribution >= 4 is 29.9 Å². The van der Waals surface area contributed by atoms with Gasteiger partial charge in [0.1, 0.15) is 5.82 Å². The fourth-order valence-electron chi connectivity index (χ4n) is 2.37. The number of aryl methyl sites for hydroxylation is 2. The summed E-state index contributed by atoms with van der Waals surface area (Å²) in [5.41, 5.74) is 7.95. The van der Waals surface area contributed by atoms with Gasteiger partial charge in [0.2, 0.25) is 0 Å². The minimum absolute atomic E-state index is 0. The van der Waals surface area contributed by atoms with E-state index in [9.17, 15) is 0 Å². The van der Waals surface area contributed by atoms with E-state index in [1.807, 2.05) is 19.9 Å². The molecule has 20 heavy (non-hydrogen) atoms. The van der Waals surface area contributed by atoms with Gasteiger partial charge < -0.3 is 10.6 Å². The molecule has 1 aliphatic rings. The van der Waals surface area contributed by atoms with E-state index < -0.39 is 0 Å². The lowest BCUT2D eigenvalue weighted by molar-refractivity contribution is 0.277. The van der Waals surface area contributed by atoms with E-state index in [0.717, 1.165) is 36.2 Å². The van der Waals surface area contributed by atoms with Crippen LogP contribution in [0.5, 0.6) is 0 Å². The Bertz CT molecular complexity index is 446.